The number of hydrogen-bond donors (Lipinski definition) is 0. The first kappa shape index (κ1) is 16.0. The van der Waals surface area contributed by atoms with E-state index in [0.29, 0.717) is 23.7 Å². The van der Waals surface area contributed by atoms with Gasteiger partial charge in [-0.2, -0.15) is 0 Å². The number of fused-ring (bicyclic) bond motifs is 10. The Labute approximate surface area is 180 Å². The molecule has 2 fully saturated rings. The van der Waals surface area contributed by atoms with Crippen LogP contribution in [0.1, 0.15) is 97.6 Å². The van der Waals surface area contributed by atoms with Gasteiger partial charge in [-0.25, -0.2) is 0 Å². The molecule has 152 valence electrons. The first-order valence-electron chi connectivity index (χ1n) is 12.4. The smallest absolute Gasteiger partial charge is 0.0728 e. The average Bonchev–Trinajstić information content (AvgIpc) is 3.38. The molecule has 31 heavy (non-hydrogen) atoms. The second-order valence-corrected chi connectivity index (χ2v) is 10.8. The third kappa shape index (κ3) is 1.71. The Bertz CT molecular complexity index is 1450. The van der Waals surface area contributed by atoms with Gasteiger partial charge >= 0.3 is 0 Å². The largest absolute Gasteiger partial charge is 0.305 e. The zero-order valence-corrected chi connectivity index (χ0v) is 17.7. The lowest BCUT2D eigenvalue weighted by Gasteiger charge is -2.38. The number of benzene rings is 1. The molecule has 4 heterocycles. The molecule has 0 amide bonds. The number of pyridine rings is 2. The van der Waals surface area contributed by atoms with Crippen LogP contribution in [-0.4, -0.2) is 14.4 Å². The Hall–Kier alpha value is -2.68. The van der Waals surface area contributed by atoms with Gasteiger partial charge in [0.25, 0.3) is 0 Å². The molecule has 1 aromatic carbocycles. The number of aromatic nitrogens is 3. The van der Waals surface area contributed by atoms with Gasteiger partial charge < -0.3 is 4.40 Å². The van der Waals surface area contributed by atoms with Gasteiger partial charge in [-0.05, 0) is 74.3 Å². The lowest BCUT2D eigenvalue weighted by atomic mass is 9.68. The molecule has 6 aliphatic rings. The summed E-state index contributed by atoms with van der Waals surface area (Å²) in [5.41, 5.74) is 10.1. The summed E-state index contributed by atoms with van der Waals surface area (Å²) in [7, 11) is 0. The van der Waals surface area contributed by atoms with E-state index in [9.17, 15) is 0 Å². The highest BCUT2D eigenvalue weighted by Crippen LogP contribution is 2.55. The van der Waals surface area contributed by atoms with E-state index in [2.05, 4.69) is 35.0 Å². The highest BCUT2D eigenvalue weighted by atomic mass is 14.9. The van der Waals surface area contributed by atoms with Crippen LogP contribution < -0.4 is 0 Å². The van der Waals surface area contributed by atoms with Crippen LogP contribution in [0, 0.1) is 0 Å². The molecule has 3 heteroatoms. The Kier molecular flexibility index (Phi) is 2.69. The summed E-state index contributed by atoms with van der Waals surface area (Å²) in [4.78, 5) is 10.2. The standard InChI is InChI=1S/C28H25N3/c1-2-18-24-20(12-29-26-16-8-4-14(5-9-16)22(24)26)31-21-13-30-27-17-10-6-15(7-11-17)23(27)25(21)19(3-1)28(18)31/h1-3,12-17H,4-11H2. The zero-order chi connectivity index (χ0) is 19.8. The predicted octanol–water partition coefficient (Wildman–Crippen LogP) is 7.14. The molecule has 0 unspecified atom stereocenters. The number of hydrogen-bond acceptors (Lipinski definition) is 2. The molecule has 4 aromatic heterocycles. The Morgan fingerprint density at radius 3 is 1.55 bits per heavy atom. The van der Waals surface area contributed by atoms with Crippen LogP contribution in [-0.2, 0) is 0 Å². The fourth-order valence-corrected chi connectivity index (χ4v) is 8.31. The van der Waals surface area contributed by atoms with Crippen molar-refractivity contribution in [3.8, 4) is 0 Å². The maximum absolute atomic E-state index is 5.11. The highest BCUT2D eigenvalue weighted by molar-refractivity contribution is 6.24. The monoisotopic (exact) mass is 403 g/mol. The van der Waals surface area contributed by atoms with Gasteiger partial charge in [0.1, 0.15) is 0 Å². The highest BCUT2D eigenvalue weighted by Gasteiger charge is 2.39. The quantitative estimate of drug-likeness (QED) is 0.275. The first-order valence-corrected chi connectivity index (χ1v) is 12.4. The van der Waals surface area contributed by atoms with Crippen molar-refractivity contribution < 1.29 is 0 Å². The Balaban J connectivity index is 1.50. The van der Waals surface area contributed by atoms with E-state index in [1.54, 1.807) is 11.1 Å². The second-order valence-electron chi connectivity index (χ2n) is 10.8. The number of rotatable bonds is 0. The van der Waals surface area contributed by atoms with Crippen LogP contribution in [0.25, 0.3) is 38.1 Å². The van der Waals surface area contributed by atoms with Crippen LogP contribution in [0.3, 0.4) is 0 Å². The van der Waals surface area contributed by atoms with Crippen molar-refractivity contribution in [1.29, 1.82) is 0 Å². The molecule has 5 aromatic rings. The lowest BCUT2D eigenvalue weighted by Crippen LogP contribution is -2.23. The van der Waals surface area contributed by atoms with E-state index in [1.807, 2.05) is 0 Å². The predicted molar refractivity (Wildman–Crippen MR) is 125 cm³/mol. The van der Waals surface area contributed by atoms with E-state index >= 15 is 0 Å². The minimum atomic E-state index is 0.686. The number of nitrogens with zero attached hydrogens (tertiary/aromatic N) is 3. The maximum Gasteiger partial charge on any atom is 0.0728 e. The van der Waals surface area contributed by atoms with Gasteiger partial charge in [0.05, 0.1) is 28.9 Å². The van der Waals surface area contributed by atoms with E-state index < -0.39 is 0 Å². The molecule has 0 radical (unpaired) electrons. The summed E-state index contributed by atoms with van der Waals surface area (Å²) in [5, 5.41) is 5.90. The lowest BCUT2D eigenvalue weighted by molar-refractivity contribution is 0.353. The third-order valence-electron chi connectivity index (χ3n) is 9.58. The molecule has 0 N–H and O–H groups in total. The van der Waals surface area contributed by atoms with Gasteiger partial charge in [-0.1, -0.05) is 18.2 Å². The SMILES string of the molecule is c1cc2c3c4c(ncc3n3c5cnc6c(c5c(c1)c23)C1CCC6CC1)C1CCC4CC1. The van der Waals surface area contributed by atoms with Crippen molar-refractivity contribution in [2.24, 2.45) is 0 Å². The summed E-state index contributed by atoms with van der Waals surface area (Å²) in [6, 6.07) is 7.05. The molecule has 0 atom stereocenters. The minimum Gasteiger partial charge on any atom is -0.305 e. The van der Waals surface area contributed by atoms with Crippen LogP contribution in [0.2, 0.25) is 0 Å². The summed E-state index contributed by atoms with van der Waals surface area (Å²) >= 11 is 0. The molecular formula is C28H25N3. The molecule has 2 saturated carbocycles. The van der Waals surface area contributed by atoms with Gasteiger partial charge in [0, 0.05) is 44.8 Å². The molecule has 3 nitrogen and oxygen atoms in total. The summed E-state index contributed by atoms with van der Waals surface area (Å²) in [6.45, 7) is 0. The Morgan fingerprint density at radius 2 is 1.06 bits per heavy atom. The maximum atomic E-state index is 5.11. The van der Waals surface area contributed by atoms with Crippen molar-refractivity contribution in [3.63, 3.8) is 0 Å². The molecule has 0 spiro atoms. The van der Waals surface area contributed by atoms with Crippen LogP contribution in [0.15, 0.2) is 30.6 Å². The van der Waals surface area contributed by atoms with E-state index in [4.69, 9.17) is 9.97 Å². The molecule has 0 saturated heterocycles. The normalized spacial score (nSPS) is 28.9. The summed E-state index contributed by atoms with van der Waals surface area (Å²) < 4.78 is 2.53. The molecule has 6 aliphatic carbocycles. The first-order chi connectivity index (χ1) is 15.4. The van der Waals surface area contributed by atoms with Crippen LogP contribution in [0.4, 0.5) is 0 Å². The topological polar surface area (TPSA) is 30.2 Å². The van der Waals surface area contributed by atoms with Gasteiger partial charge in [-0.3, -0.25) is 9.97 Å². The molecule has 4 bridgehead atoms. The third-order valence-corrected chi connectivity index (χ3v) is 9.58. The van der Waals surface area contributed by atoms with Crippen molar-refractivity contribution in [2.75, 3.05) is 0 Å². The summed E-state index contributed by atoms with van der Waals surface area (Å²) in [5.74, 6) is 2.78. The molecule has 11 rings (SSSR count). The van der Waals surface area contributed by atoms with Gasteiger partial charge in [0.2, 0.25) is 0 Å². The number of para-hydroxylation sites is 1. The van der Waals surface area contributed by atoms with E-state index in [1.165, 1.54) is 101 Å². The summed E-state index contributed by atoms with van der Waals surface area (Å²) in [6.07, 6.45) is 15.1. The van der Waals surface area contributed by atoms with Crippen molar-refractivity contribution in [3.05, 3.63) is 53.1 Å². The van der Waals surface area contributed by atoms with Gasteiger partial charge in [-0.15, -0.1) is 0 Å². The zero-order valence-electron chi connectivity index (χ0n) is 17.7. The minimum absolute atomic E-state index is 0.686. The van der Waals surface area contributed by atoms with Crippen molar-refractivity contribution >= 4 is 38.1 Å². The van der Waals surface area contributed by atoms with Crippen molar-refractivity contribution in [2.45, 2.75) is 75.0 Å². The van der Waals surface area contributed by atoms with Crippen molar-refractivity contribution in [1.82, 2.24) is 14.4 Å². The Morgan fingerprint density at radius 1 is 0.613 bits per heavy atom. The molecule has 0 aliphatic heterocycles. The molecular weight excluding hydrogens is 378 g/mol. The van der Waals surface area contributed by atoms with Gasteiger partial charge in [0.15, 0.2) is 0 Å². The second kappa shape index (κ2) is 5.20. The van der Waals surface area contributed by atoms with Crippen LogP contribution in [0.5, 0.6) is 0 Å². The fraction of sp³-hybridized carbons (Fsp3) is 0.429. The average molecular weight is 404 g/mol. The van der Waals surface area contributed by atoms with E-state index in [-0.39, 0.29) is 0 Å². The van der Waals surface area contributed by atoms with E-state index in [0.717, 1.165) is 0 Å². The van der Waals surface area contributed by atoms with Crippen LogP contribution >= 0.6 is 0 Å². The fourth-order valence-electron chi connectivity index (χ4n) is 8.31.